The van der Waals surface area contributed by atoms with Gasteiger partial charge in [-0.1, -0.05) is 31.4 Å². The van der Waals surface area contributed by atoms with Gasteiger partial charge in [0.25, 0.3) is 5.69 Å². The monoisotopic (exact) mass is 263 g/mol. The van der Waals surface area contributed by atoms with Gasteiger partial charge in [-0.3, -0.25) is 10.1 Å². The van der Waals surface area contributed by atoms with Gasteiger partial charge in [0.15, 0.2) is 0 Å². The second kappa shape index (κ2) is 7.24. The van der Waals surface area contributed by atoms with Crippen LogP contribution >= 0.6 is 0 Å². The minimum Gasteiger partial charge on any atom is -0.340 e. The number of nitrogens with zero attached hydrogens (tertiary/aromatic N) is 1. The Morgan fingerprint density at radius 3 is 2.53 bits per heavy atom. The summed E-state index contributed by atoms with van der Waals surface area (Å²) in [7, 11) is 0. The molecule has 1 saturated carbocycles. The van der Waals surface area contributed by atoms with Gasteiger partial charge in [-0.15, -0.1) is 0 Å². The van der Waals surface area contributed by atoms with E-state index in [-0.39, 0.29) is 10.6 Å². The molecule has 0 saturated heterocycles. The van der Waals surface area contributed by atoms with Gasteiger partial charge in [0.1, 0.15) is 6.54 Å². The highest BCUT2D eigenvalue weighted by molar-refractivity contribution is 5.33. The summed E-state index contributed by atoms with van der Waals surface area (Å²) in [6, 6.07) is 7.70. The van der Waals surface area contributed by atoms with E-state index in [9.17, 15) is 10.1 Å². The highest BCUT2D eigenvalue weighted by atomic mass is 16.6. The van der Waals surface area contributed by atoms with Gasteiger partial charge in [0.05, 0.1) is 11.0 Å². The van der Waals surface area contributed by atoms with Crippen LogP contribution in [-0.4, -0.2) is 11.0 Å². The maximum absolute atomic E-state index is 10.7. The molecule has 1 aromatic carbocycles. The first-order valence-electron chi connectivity index (χ1n) is 7.32. The van der Waals surface area contributed by atoms with Crippen molar-refractivity contribution in [3.05, 3.63) is 39.9 Å². The second-order valence-corrected chi connectivity index (χ2v) is 5.47. The van der Waals surface area contributed by atoms with Crippen molar-refractivity contribution in [2.75, 3.05) is 0 Å². The Hall–Kier alpha value is -1.42. The molecule has 0 spiro atoms. The maximum atomic E-state index is 10.7. The molecule has 1 aliphatic rings. The van der Waals surface area contributed by atoms with Crippen molar-refractivity contribution in [3.8, 4) is 0 Å². The predicted octanol–water partition coefficient (Wildman–Crippen LogP) is 2.77. The van der Waals surface area contributed by atoms with Crippen LogP contribution in [0.5, 0.6) is 0 Å². The van der Waals surface area contributed by atoms with E-state index in [1.165, 1.54) is 44.9 Å². The third kappa shape index (κ3) is 4.63. The van der Waals surface area contributed by atoms with Crippen molar-refractivity contribution in [2.45, 2.75) is 57.5 Å². The van der Waals surface area contributed by atoms with E-state index in [1.54, 1.807) is 18.2 Å². The van der Waals surface area contributed by atoms with Crippen LogP contribution < -0.4 is 5.32 Å². The Morgan fingerprint density at radius 2 is 1.84 bits per heavy atom. The fourth-order valence-electron chi connectivity index (χ4n) is 2.82. The molecule has 1 aromatic rings. The van der Waals surface area contributed by atoms with Crippen LogP contribution in [0.3, 0.4) is 0 Å². The molecule has 1 aliphatic carbocycles. The molecule has 104 valence electrons. The smallest absolute Gasteiger partial charge is 0.269 e. The van der Waals surface area contributed by atoms with Gasteiger partial charge in [0, 0.05) is 17.7 Å². The van der Waals surface area contributed by atoms with Crippen molar-refractivity contribution in [3.63, 3.8) is 0 Å². The lowest BCUT2D eigenvalue weighted by Crippen LogP contribution is -2.88. The standard InChI is InChI=1S/C15H22N2O2/c18-17(19)15-10-6-7-13(11-15)12-16-14-8-4-2-1-3-5-9-14/h6-7,10-11,14,16H,1-5,8-9,12H2/p+1. The Balaban J connectivity index is 1.86. The van der Waals surface area contributed by atoms with Crippen LogP contribution in [0.4, 0.5) is 5.69 Å². The third-order valence-electron chi connectivity index (χ3n) is 3.96. The van der Waals surface area contributed by atoms with E-state index < -0.39 is 0 Å². The van der Waals surface area contributed by atoms with E-state index in [4.69, 9.17) is 0 Å². The molecule has 19 heavy (non-hydrogen) atoms. The molecule has 0 aliphatic heterocycles. The van der Waals surface area contributed by atoms with E-state index in [0.29, 0.717) is 6.04 Å². The molecule has 0 amide bonds. The normalized spacial score (nSPS) is 17.7. The molecule has 1 fully saturated rings. The fourth-order valence-corrected chi connectivity index (χ4v) is 2.82. The van der Waals surface area contributed by atoms with E-state index in [2.05, 4.69) is 5.32 Å². The molecule has 2 N–H and O–H groups in total. The number of hydrogen-bond acceptors (Lipinski definition) is 2. The third-order valence-corrected chi connectivity index (χ3v) is 3.96. The molecule has 0 heterocycles. The molecule has 0 bridgehead atoms. The molecule has 2 rings (SSSR count). The molecule has 4 heteroatoms. The van der Waals surface area contributed by atoms with Crippen molar-refractivity contribution in [1.82, 2.24) is 0 Å². The molecule has 0 unspecified atom stereocenters. The van der Waals surface area contributed by atoms with Crippen LogP contribution in [-0.2, 0) is 6.54 Å². The second-order valence-electron chi connectivity index (χ2n) is 5.47. The lowest BCUT2D eigenvalue weighted by atomic mass is 9.96. The zero-order valence-electron chi connectivity index (χ0n) is 11.4. The van der Waals surface area contributed by atoms with Gasteiger partial charge in [0.2, 0.25) is 0 Å². The summed E-state index contributed by atoms with van der Waals surface area (Å²) < 4.78 is 0. The zero-order chi connectivity index (χ0) is 13.5. The van der Waals surface area contributed by atoms with Crippen LogP contribution in [0.15, 0.2) is 24.3 Å². The summed E-state index contributed by atoms with van der Waals surface area (Å²) >= 11 is 0. The Labute approximate surface area is 114 Å². The van der Waals surface area contributed by atoms with Gasteiger partial charge in [-0.25, -0.2) is 0 Å². The largest absolute Gasteiger partial charge is 0.340 e. The maximum Gasteiger partial charge on any atom is 0.269 e. The highest BCUT2D eigenvalue weighted by Gasteiger charge is 2.14. The SMILES string of the molecule is O=[N+]([O-])c1cccc(C[NH2+]C2CCCCCCC2)c1. The quantitative estimate of drug-likeness (QED) is 0.670. The molecule has 0 radical (unpaired) electrons. The lowest BCUT2D eigenvalue weighted by molar-refractivity contribution is -0.706. The summed E-state index contributed by atoms with van der Waals surface area (Å²) in [4.78, 5) is 10.4. The first kappa shape index (κ1) is 14.0. The number of nitrogens with two attached hydrogens (primary N) is 1. The highest BCUT2D eigenvalue weighted by Crippen LogP contribution is 2.16. The van der Waals surface area contributed by atoms with Crippen LogP contribution in [0.1, 0.15) is 50.5 Å². The van der Waals surface area contributed by atoms with Crippen LogP contribution in [0.25, 0.3) is 0 Å². The molecule has 0 aromatic heterocycles. The summed E-state index contributed by atoms with van der Waals surface area (Å²) in [6.07, 6.45) is 9.34. The molecular weight excluding hydrogens is 240 g/mol. The van der Waals surface area contributed by atoms with Gasteiger partial charge < -0.3 is 5.32 Å². The summed E-state index contributed by atoms with van der Waals surface area (Å²) in [6.45, 7) is 0.854. The Kier molecular flexibility index (Phi) is 5.33. The number of benzene rings is 1. The first-order chi connectivity index (χ1) is 9.25. The first-order valence-corrected chi connectivity index (χ1v) is 7.32. The van der Waals surface area contributed by atoms with Crippen LogP contribution in [0.2, 0.25) is 0 Å². The summed E-state index contributed by atoms with van der Waals surface area (Å²) in [5.41, 5.74) is 1.25. The minimum absolute atomic E-state index is 0.198. The topological polar surface area (TPSA) is 59.8 Å². The number of rotatable bonds is 4. The zero-order valence-corrected chi connectivity index (χ0v) is 11.4. The summed E-state index contributed by atoms with van der Waals surface area (Å²) in [5.74, 6) is 0. The number of nitro groups is 1. The Bertz CT molecular complexity index is 412. The van der Waals surface area contributed by atoms with Crippen molar-refractivity contribution >= 4 is 5.69 Å². The Morgan fingerprint density at radius 1 is 1.16 bits per heavy atom. The van der Waals surface area contributed by atoms with Gasteiger partial charge in [-0.05, 0) is 25.7 Å². The van der Waals surface area contributed by atoms with Crippen molar-refractivity contribution in [1.29, 1.82) is 0 Å². The molecular formula is C15H23N2O2+. The van der Waals surface area contributed by atoms with Crippen LogP contribution in [0, 0.1) is 10.1 Å². The number of quaternary nitrogens is 1. The minimum atomic E-state index is -0.320. The number of nitro benzene ring substituents is 1. The fraction of sp³-hybridized carbons (Fsp3) is 0.600. The van der Waals surface area contributed by atoms with Crippen molar-refractivity contribution in [2.24, 2.45) is 0 Å². The van der Waals surface area contributed by atoms with Gasteiger partial charge in [-0.2, -0.15) is 0 Å². The number of non-ortho nitro benzene ring substituents is 1. The number of hydrogen-bond donors (Lipinski definition) is 1. The average Bonchev–Trinajstić information content (AvgIpc) is 2.38. The lowest BCUT2D eigenvalue weighted by Gasteiger charge is -2.18. The van der Waals surface area contributed by atoms with E-state index in [1.807, 2.05) is 6.07 Å². The molecule has 4 nitrogen and oxygen atoms in total. The summed E-state index contributed by atoms with van der Waals surface area (Å²) in [5, 5.41) is 13.1. The average molecular weight is 263 g/mol. The van der Waals surface area contributed by atoms with E-state index >= 15 is 0 Å². The van der Waals surface area contributed by atoms with Crippen molar-refractivity contribution < 1.29 is 10.2 Å². The predicted molar refractivity (Wildman–Crippen MR) is 74.8 cm³/mol. The molecule has 0 atom stereocenters. The van der Waals surface area contributed by atoms with Gasteiger partial charge >= 0.3 is 0 Å². The van der Waals surface area contributed by atoms with E-state index in [0.717, 1.165) is 12.1 Å².